The van der Waals surface area contributed by atoms with Crippen molar-refractivity contribution in [3.05, 3.63) is 24.3 Å². The fraction of sp³-hybridized carbons (Fsp3) is 0.550. The largest absolute Gasteiger partial charge is 0.444 e. The maximum atomic E-state index is 12.1. The van der Waals surface area contributed by atoms with Gasteiger partial charge < -0.3 is 19.4 Å². The zero-order valence-electron chi connectivity index (χ0n) is 17.1. The number of amides is 2. The van der Waals surface area contributed by atoms with Crippen molar-refractivity contribution in [1.29, 1.82) is 0 Å². The van der Waals surface area contributed by atoms with Crippen LogP contribution in [0.3, 0.4) is 0 Å². The van der Waals surface area contributed by atoms with Gasteiger partial charge in [0.2, 0.25) is 5.91 Å². The summed E-state index contributed by atoms with van der Waals surface area (Å²) < 4.78 is 11.0. The average Bonchev–Trinajstić information content (AvgIpc) is 3.08. The number of thioether (sulfide) groups is 1. The fourth-order valence-corrected chi connectivity index (χ4v) is 3.59. The summed E-state index contributed by atoms with van der Waals surface area (Å²) in [4.78, 5) is 32.5. The normalized spacial score (nSPS) is 15.5. The van der Waals surface area contributed by atoms with Gasteiger partial charge in [-0.2, -0.15) is 0 Å². The molecular formula is C20H28N4O4S. The standard InChI is InChI=1S/C20H28N4O4S/c1-20(2,3)28-19(26)24-12-10-23(11-13-24)9-8-21-17(25)14-29-18-22-15-6-4-5-7-16(15)27-18/h4-7H,8-14H2,1-3H3,(H,21,25). The van der Waals surface area contributed by atoms with E-state index >= 15 is 0 Å². The monoisotopic (exact) mass is 420 g/mol. The van der Waals surface area contributed by atoms with Gasteiger partial charge in [-0.1, -0.05) is 23.9 Å². The summed E-state index contributed by atoms with van der Waals surface area (Å²) in [6.07, 6.45) is -0.262. The maximum absolute atomic E-state index is 12.1. The molecular weight excluding hydrogens is 392 g/mol. The summed E-state index contributed by atoms with van der Waals surface area (Å²) in [6, 6.07) is 7.53. The highest BCUT2D eigenvalue weighted by molar-refractivity contribution is 7.99. The maximum Gasteiger partial charge on any atom is 0.410 e. The average molecular weight is 421 g/mol. The highest BCUT2D eigenvalue weighted by Gasteiger charge is 2.25. The van der Waals surface area contributed by atoms with Crippen LogP contribution in [-0.4, -0.2) is 77.4 Å². The Labute approximate surface area is 174 Å². The van der Waals surface area contributed by atoms with E-state index in [1.807, 2.05) is 45.0 Å². The van der Waals surface area contributed by atoms with E-state index in [1.54, 1.807) is 4.90 Å². The van der Waals surface area contributed by atoms with Crippen LogP contribution in [0.5, 0.6) is 0 Å². The lowest BCUT2D eigenvalue weighted by atomic mass is 10.2. The number of piperazine rings is 1. The summed E-state index contributed by atoms with van der Waals surface area (Å²) in [5, 5.41) is 3.42. The van der Waals surface area contributed by atoms with Gasteiger partial charge in [0.15, 0.2) is 5.58 Å². The second kappa shape index (κ2) is 9.49. The van der Waals surface area contributed by atoms with Gasteiger partial charge >= 0.3 is 6.09 Å². The van der Waals surface area contributed by atoms with Crippen molar-refractivity contribution in [3.63, 3.8) is 0 Å². The van der Waals surface area contributed by atoms with Crippen molar-refractivity contribution >= 4 is 34.9 Å². The smallest absolute Gasteiger partial charge is 0.410 e. The molecule has 2 heterocycles. The van der Waals surface area contributed by atoms with Gasteiger partial charge in [-0.15, -0.1) is 0 Å². The predicted octanol–water partition coefficient (Wildman–Crippen LogP) is 2.59. The Morgan fingerprint density at radius 3 is 2.62 bits per heavy atom. The lowest BCUT2D eigenvalue weighted by molar-refractivity contribution is -0.118. The van der Waals surface area contributed by atoms with Gasteiger partial charge in [-0.25, -0.2) is 9.78 Å². The Balaban J connectivity index is 1.31. The third-order valence-corrected chi connectivity index (χ3v) is 5.20. The van der Waals surface area contributed by atoms with Crippen molar-refractivity contribution in [3.8, 4) is 0 Å². The first-order valence-corrected chi connectivity index (χ1v) is 10.7. The zero-order chi connectivity index (χ0) is 20.9. The molecule has 1 aromatic carbocycles. The number of carbonyl (C=O) groups is 2. The van der Waals surface area contributed by atoms with Crippen LogP contribution < -0.4 is 5.32 Å². The van der Waals surface area contributed by atoms with Crippen LogP contribution in [0.4, 0.5) is 4.79 Å². The Kier molecular flexibility index (Phi) is 7.02. The number of carbonyl (C=O) groups excluding carboxylic acids is 2. The Bertz CT molecular complexity index is 807. The number of oxazole rings is 1. The summed E-state index contributed by atoms with van der Waals surface area (Å²) in [5.74, 6) is 0.212. The quantitative estimate of drug-likeness (QED) is 0.719. The lowest BCUT2D eigenvalue weighted by Gasteiger charge is -2.35. The number of para-hydroxylation sites is 2. The van der Waals surface area contributed by atoms with Crippen LogP contribution in [-0.2, 0) is 9.53 Å². The Morgan fingerprint density at radius 2 is 1.93 bits per heavy atom. The molecule has 1 aliphatic heterocycles. The van der Waals surface area contributed by atoms with Crippen LogP contribution in [0.2, 0.25) is 0 Å². The number of fused-ring (bicyclic) bond motifs is 1. The van der Waals surface area contributed by atoms with E-state index in [4.69, 9.17) is 9.15 Å². The lowest BCUT2D eigenvalue weighted by Crippen LogP contribution is -2.51. The summed E-state index contributed by atoms with van der Waals surface area (Å²) in [6.45, 7) is 9.73. The van der Waals surface area contributed by atoms with E-state index in [9.17, 15) is 9.59 Å². The molecule has 0 bridgehead atoms. The van der Waals surface area contributed by atoms with Crippen molar-refractivity contribution in [2.45, 2.75) is 31.6 Å². The summed E-state index contributed by atoms with van der Waals surface area (Å²) in [5.41, 5.74) is 1.04. The van der Waals surface area contributed by atoms with Crippen molar-refractivity contribution < 1.29 is 18.7 Å². The van der Waals surface area contributed by atoms with E-state index in [0.717, 1.165) is 30.7 Å². The molecule has 0 atom stereocenters. The fourth-order valence-electron chi connectivity index (χ4n) is 2.93. The molecule has 9 heteroatoms. The molecule has 29 heavy (non-hydrogen) atoms. The number of nitrogens with one attached hydrogen (secondary N) is 1. The molecule has 1 aromatic heterocycles. The van der Waals surface area contributed by atoms with Crippen molar-refractivity contribution in [1.82, 2.24) is 20.1 Å². The molecule has 1 aliphatic rings. The molecule has 158 valence electrons. The van der Waals surface area contributed by atoms with Crippen LogP contribution in [0, 0.1) is 0 Å². The number of aromatic nitrogens is 1. The number of nitrogens with zero attached hydrogens (tertiary/aromatic N) is 3. The van der Waals surface area contributed by atoms with Crippen LogP contribution >= 0.6 is 11.8 Å². The molecule has 3 rings (SSSR count). The third kappa shape index (κ3) is 6.64. The van der Waals surface area contributed by atoms with Gasteiger partial charge in [0.1, 0.15) is 11.1 Å². The predicted molar refractivity (Wildman–Crippen MR) is 112 cm³/mol. The molecule has 2 amide bonds. The van der Waals surface area contributed by atoms with Gasteiger partial charge in [0.25, 0.3) is 5.22 Å². The minimum Gasteiger partial charge on any atom is -0.444 e. The van der Waals surface area contributed by atoms with Gasteiger partial charge in [0, 0.05) is 39.3 Å². The van der Waals surface area contributed by atoms with Crippen LogP contribution in [0.25, 0.3) is 11.1 Å². The van der Waals surface area contributed by atoms with E-state index < -0.39 is 5.60 Å². The van der Waals surface area contributed by atoms with E-state index in [-0.39, 0.29) is 17.8 Å². The number of rotatable bonds is 6. The topological polar surface area (TPSA) is 87.9 Å². The first kappa shape index (κ1) is 21.4. The molecule has 1 N–H and O–H groups in total. The minimum absolute atomic E-state index is 0.0513. The molecule has 0 spiro atoms. The molecule has 2 aromatic rings. The number of benzene rings is 1. The third-order valence-electron chi connectivity index (χ3n) is 4.38. The molecule has 0 aliphatic carbocycles. The van der Waals surface area contributed by atoms with E-state index in [1.165, 1.54) is 11.8 Å². The summed E-state index contributed by atoms with van der Waals surface area (Å²) >= 11 is 1.29. The molecule has 8 nitrogen and oxygen atoms in total. The Hall–Kier alpha value is -2.26. The Morgan fingerprint density at radius 1 is 1.21 bits per heavy atom. The van der Waals surface area contributed by atoms with Crippen molar-refractivity contribution in [2.75, 3.05) is 45.0 Å². The number of hydrogen-bond acceptors (Lipinski definition) is 7. The first-order valence-electron chi connectivity index (χ1n) is 9.75. The number of hydrogen-bond donors (Lipinski definition) is 1. The molecule has 1 fully saturated rings. The van der Waals surface area contributed by atoms with Gasteiger partial charge in [-0.3, -0.25) is 9.69 Å². The molecule has 0 radical (unpaired) electrons. The van der Waals surface area contributed by atoms with Gasteiger partial charge in [0.05, 0.1) is 5.75 Å². The summed E-state index contributed by atoms with van der Waals surface area (Å²) in [7, 11) is 0. The second-order valence-corrected chi connectivity index (χ2v) is 8.82. The molecule has 0 saturated carbocycles. The highest BCUT2D eigenvalue weighted by atomic mass is 32.2. The number of ether oxygens (including phenoxy) is 1. The second-order valence-electron chi connectivity index (χ2n) is 7.90. The molecule has 1 saturated heterocycles. The van der Waals surface area contributed by atoms with E-state index in [0.29, 0.717) is 24.9 Å². The molecule has 0 unspecified atom stereocenters. The van der Waals surface area contributed by atoms with Gasteiger partial charge in [-0.05, 0) is 32.9 Å². The minimum atomic E-state index is -0.478. The van der Waals surface area contributed by atoms with E-state index in [2.05, 4.69) is 15.2 Å². The SMILES string of the molecule is CC(C)(C)OC(=O)N1CCN(CCNC(=O)CSc2nc3ccccc3o2)CC1. The highest BCUT2D eigenvalue weighted by Crippen LogP contribution is 2.22. The van der Waals surface area contributed by atoms with Crippen molar-refractivity contribution in [2.24, 2.45) is 0 Å². The van der Waals surface area contributed by atoms with Crippen LogP contribution in [0.15, 0.2) is 33.9 Å². The first-order chi connectivity index (χ1) is 13.8. The van der Waals surface area contributed by atoms with Crippen LogP contribution in [0.1, 0.15) is 20.8 Å². The zero-order valence-corrected chi connectivity index (χ0v) is 18.0.